The monoisotopic (exact) mass is 390 g/mol. The molecule has 1 aromatic carbocycles. The third-order valence-electron chi connectivity index (χ3n) is 5.07. The summed E-state index contributed by atoms with van der Waals surface area (Å²) >= 11 is 0. The van der Waals surface area contributed by atoms with Gasteiger partial charge in [-0.2, -0.15) is 13.2 Å². The maximum atomic E-state index is 13.9. The third-order valence-corrected chi connectivity index (χ3v) is 5.07. The van der Waals surface area contributed by atoms with Crippen molar-refractivity contribution in [2.45, 2.75) is 31.1 Å². The van der Waals surface area contributed by atoms with Crippen molar-refractivity contribution in [2.24, 2.45) is 0 Å². The van der Waals surface area contributed by atoms with E-state index in [9.17, 15) is 22.8 Å². The molecule has 9 heteroatoms. The SMILES string of the molecule is O=C1C(=O)N(CCCn2ccnc2)C(C(F)(F)F)C1c1c[nH]c2ccccc12. The van der Waals surface area contributed by atoms with Crippen molar-refractivity contribution in [3.8, 4) is 0 Å². The molecule has 1 N–H and O–H groups in total. The molecule has 0 spiro atoms. The summed E-state index contributed by atoms with van der Waals surface area (Å²) in [4.78, 5) is 32.5. The lowest BCUT2D eigenvalue weighted by Crippen LogP contribution is -2.46. The standard InChI is InChI=1S/C19H17F3N4O2/c20-19(21,22)17-15(13-10-24-14-5-2-1-4-12(13)14)16(27)18(28)26(17)8-3-7-25-9-6-23-11-25/h1-2,4-6,9-11,15,17,24H,3,7-8H2. The van der Waals surface area contributed by atoms with Crippen LogP contribution in [0.1, 0.15) is 17.9 Å². The van der Waals surface area contributed by atoms with Gasteiger partial charge in [-0.05, 0) is 18.1 Å². The van der Waals surface area contributed by atoms with E-state index in [1.54, 1.807) is 47.6 Å². The molecule has 0 radical (unpaired) electrons. The van der Waals surface area contributed by atoms with E-state index in [2.05, 4.69) is 9.97 Å². The van der Waals surface area contributed by atoms with E-state index in [0.29, 0.717) is 22.3 Å². The first kappa shape index (κ1) is 18.3. The molecule has 3 heterocycles. The van der Waals surface area contributed by atoms with Gasteiger partial charge in [-0.15, -0.1) is 0 Å². The molecule has 2 atom stereocenters. The number of para-hydroxylation sites is 1. The van der Waals surface area contributed by atoms with Crippen LogP contribution in [-0.2, 0) is 16.1 Å². The summed E-state index contributed by atoms with van der Waals surface area (Å²) in [6, 6.07) is 4.62. The fourth-order valence-corrected chi connectivity index (χ4v) is 3.84. The van der Waals surface area contributed by atoms with E-state index in [1.165, 1.54) is 6.20 Å². The van der Waals surface area contributed by atoms with Gasteiger partial charge in [0.1, 0.15) is 6.04 Å². The molecule has 1 fully saturated rings. The number of benzene rings is 1. The molecule has 1 saturated heterocycles. The topological polar surface area (TPSA) is 71.0 Å². The Labute approximate surface area is 158 Å². The van der Waals surface area contributed by atoms with Crippen molar-refractivity contribution in [3.63, 3.8) is 0 Å². The van der Waals surface area contributed by atoms with E-state index in [4.69, 9.17) is 0 Å². The van der Waals surface area contributed by atoms with Crippen LogP contribution in [0.5, 0.6) is 0 Å². The Kier molecular flexibility index (Phi) is 4.44. The molecule has 2 aromatic heterocycles. The van der Waals surface area contributed by atoms with Gasteiger partial charge >= 0.3 is 6.18 Å². The average Bonchev–Trinajstić information content (AvgIpc) is 3.36. The normalized spacial score (nSPS) is 20.5. The second kappa shape index (κ2) is 6.81. The smallest absolute Gasteiger partial charge is 0.361 e. The number of nitrogens with zero attached hydrogens (tertiary/aromatic N) is 3. The first-order valence-electron chi connectivity index (χ1n) is 8.81. The summed E-state index contributed by atoms with van der Waals surface area (Å²) in [5.41, 5.74) is 0.825. The van der Waals surface area contributed by atoms with E-state index in [1.807, 2.05) is 0 Å². The number of ketones is 1. The van der Waals surface area contributed by atoms with Gasteiger partial charge in [-0.1, -0.05) is 18.2 Å². The lowest BCUT2D eigenvalue weighted by Gasteiger charge is -2.29. The van der Waals surface area contributed by atoms with E-state index < -0.39 is 29.8 Å². The van der Waals surface area contributed by atoms with Crippen molar-refractivity contribution in [1.82, 2.24) is 19.4 Å². The molecule has 0 saturated carbocycles. The number of fused-ring (bicyclic) bond motifs is 1. The van der Waals surface area contributed by atoms with Gasteiger partial charge in [0.2, 0.25) is 5.78 Å². The molecular weight excluding hydrogens is 373 g/mol. The fourth-order valence-electron chi connectivity index (χ4n) is 3.84. The molecule has 28 heavy (non-hydrogen) atoms. The second-order valence-corrected chi connectivity index (χ2v) is 6.77. The first-order valence-corrected chi connectivity index (χ1v) is 8.81. The zero-order chi connectivity index (χ0) is 19.9. The highest BCUT2D eigenvalue weighted by molar-refractivity contribution is 6.41. The zero-order valence-corrected chi connectivity index (χ0v) is 14.7. The predicted octanol–water partition coefficient (Wildman–Crippen LogP) is 2.88. The number of nitrogens with one attached hydrogen (secondary N) is 1. The molecule has 1 amide bonds. The molecular formula is C19H17F3N4O2. The van der Waals surface area contributed by atoms with Crippen LogP contribution in [0.4, 0.5) is 13.2 Å². The van der Waals surface area contributed by atoms with Gasteiger partial charge in [0.15, 0.2) is 0 Å². The van der Waals surface area contributed by atoms with Crippen LogP contribution < -0.4 is 0 Å². The minimum Gasteiger partial charge on any atom is -0.361 e. The Morgan fingerprint density at radius 2 is 1.93 bits per heavy atom. The van der Waals surface area contributed by atoms with Gasteiger partial charge in [0.05, 0.1) is 12.2 Å². The highest BCUT2D eigenvalue weighted by Gasteiger charge is 2.59. The largest absolute Gasteiger partial charge is 0.409 e. The minimum absolute atomic E-state index is 0.161. The van der Waals surface area contributed by atoms with Crippen molar-refractivity contribution in [2.75, 3.05) is 6.54 Å². The number of carbonyl (C=O) groups excluding carboxylic acids is 2. The van der Waals surface area contributed by atoms with Gasteiger partial charge in [-0.25, -0.2) is 4.98 Å². The number of aryl methyl sites for hydroxylation is 1. The number of carbonyl (C=O) groups is 2. The van der Waals surface area contributed by atoms with Crippen LogP contribution in [0.25, 0.3) is 10.9 Å². The lowest BCUT2D eigenvalue weighted by atomic mass is 9.90. The van der Waals surface area contributed by atoms with Crippen LogP contribution in [0, 0.1) is 0 Å². The molecule has 1 aliphatic rings. The zero-order valence-electron chi connectivity index (χ0n) is 14.7. The number of aromatic nitrogens is 3. The van der Waals surface area contributed by atoms with E-state index in [-0.39, 0.29) is 18.5 Å². The molecule has 2 unspecified atom stereocenters. The number of imidazole rings is 1. The summed E-state index contributed by atoms with van der Waals surface area (Å²) in [5, 5.41) is 0.517. The van der Waals surface area contributed by atoms with Crippen LogP contribution in [-0.4, -0.2) is 49.9 Å². The number of aromatic amines is 1. The maximum Gasteiger partial charge on any atom is 0.409 e. The number of halogens is 3. The van der Waals surface area contributed by atoms with Crippen molar-refractivity contribution in [3.05, 3.63) is 54.7 Å². The average molecular weight is 390 g/mol. The van der Waals surface area contributed by atoms with Crippen molar-refractivity contribution >= 4 is 22.6 Å². The second-order valence-electron chi connectivity index (χ2n) is 6.77. The van der Waals surface area contributed by atoms with Crippen LogP contribution >= 0.6 is 0 Å². The van der Waals surface area contributed by atoms with Crippen LogP contribution in [0.2, 0.25) is 0 Å². The molecule has 3 aromatic rings. The Morgan fingerprint density at radius 1 is 1.14 bits per heavy atom. The summed E-state index contributed by atoms with van der Waals surface area (Å²) in [7, 11) is 0. The van der Waals surface area contributed by atoms with Crippen molar-refractivity contribution in [1.29, 1.82) is 0 Å². The van der Waals surface area contributed by atoms with Gasteiger partial charge in [0.25, 0.3) is 5.91 Å². The Bertz CT molecular complexity index is 1010. The highest BCUT2D eigenvalue weighted by atomic mass is 19.4. The quantitative estimate of drug-likeness (QED) is 0.681. The third kappa shape index (κ3) is 3.06. The Hall–Kier alpha value is -3.10. The number of likely N-dealkylation sites (tertiary alicyclic amines) is 1. The van der Waals surface area contributed by atoms with Gasteiger partial charge in [-0.3, -0.25) is 9.59 Å². The number of Topliss-reactive ketones (excluding diaryl/α,β-unsaturated/α-hetero) is 1. The maximum absolute atomic E-state index is 13.9. The number of hydrogen-bond donors (Lipinski definition) is 1. The molecule has 0 bridgehead atoms. The molecule has 6 nitrogen and oxygen atoms in total. The molecule has 0 aliphatic carbocycles. The number of hydrogen-bond acceptors (Lipinski definition) is 3. The highest BCUT2D eigenvalue weighted by Crippen LogP contribution is 2.43. The lowest BCUT2D eigenvalue weighted by molar-refractivity contribution is -0.183. The minimum atomic E-state index is -4.72. The number of alkyl halides is 3. The van der Waals surface area contributed by atoms with Crippen LogP contribution in [0.15, 0.2) is 49.2 Å². The number of H-pyrrole nitrogens is 1. The summed E-state index contributed by atoms with van der Waals surface area (Å²) in [6.07, 6.45) is 1.76. The van der Waals surface area contributed by atoms with Crippen LogP contribution in [0.3, 0.4) is 0 Å². The predicted molar refractivity (Wildman–Crippen MR) is 94.4 cm³/mol. The molecule has 4 rings (SSSR count). The number of rotatable bonds is 5. The molecule has 146 valence electrons. The van der Waals surface area contributed by atoms with Gasteiger partial charge < -0.3 is 14.5 Å². The Balaban J connectivity index is 1.66. The molecule has 1 aliphatic heterocycles. The summed E-state index contributed by atoms with van der Waals surface area (Å²) < 4.78 is 43.5. The van der Waals surface area contributed by atoms with Gasteiger partial charge in [0, 0.05) is 42.6 Å². The summed E-state index contributed by atoms with van der Waals surface area (Å²) in [6.45, 7) is 0.242. The van der Waals surface area contributed by atoms with Crippen molar-refractivity contribution < 1.29 is 22.8 Å². The fraction of sp³-hybridized carbons (Fsp3) is 0.316. The summed E-state index contributed by atoms with van der Waals surface area (Å²) in [5.74, 6) is -3.67. The van der Waals surface area contributed by atoms with E-state index >= 15 is 0 Å². The Morgan fingerprint density at radius 3 is 2.64 bits per heavy atom. The van der Waals surface area contributed by atoms with E-state index in [0.717, 1.165) is 0 Å². The number of amides is 1. The first-order chi connectivity index (χ1) is 13.4.